The average molecular weight is 655 g/mol. The summed E-state index contributed by atoms with van der Waals surface area (Å²) in [5, 5.41) is 0.313. The van der Waals surface area contributed by atoms with Gasteiger partial charge in [-0.15, -0.1) is 0 Å². The number of hydrogen-bond acceptors (Lipinski definition) is 1. The topological polar surface area (TPSA) is 9.23 Å². The van der Waals surface area contributed by atoms with Crippen LogP contribution >= 0.6 is 15.9 Å². The SMILES string of the molecule is CCC[CH2][Sn]([C]#CC(Cc1ccccc1Br)O[Si](C(C)(C)C)C(C)(C)C)([CH2]CCC)[CH2]CCC. The second-order valence-corrected chi connectivity index (χ2v) is 29.1. The number of benzene rings is 1. The molecular weight excluding hydrogens is 603 g/mol. The summed E-state index contributed by atoms with van der Waals surface area (Å²) in [6.07, 6.45) is 8.77. The third-order valence-electron chi connectivity index (χ3n) is 6.51. The zero-order valence-corrected chi connectivity index (χ0v) is 29.2. The fourth-order valence-electron chi connectivity index (χ4n) is 4.95. The third kappa shape index (κ3) is 11.5. The first kappa shape index (κ1) is 32.3. The summed E-state index contributed by atoms with van der Waals surface area (Å²) in [4.78, 5) is 0. The van der Waals surface area contributed by atoms with Gasteiger partial charge in [0.25, 0.3) is 0 Å². The fourth-order valence-corrected chi connectivity index (χ4v) is 22.1. The van der Waals surface area contributed by atoms with E-state index < -0.39 is 27.4 Å². The second-order valence-electron chi connectivity index (χ2n) is 12.1. The van der Waals surface area contributed by atoms with Crippen molar-refractivity contribution in [2.24, 2.45) is 0 Å². The standard InChI is InChI=1S/C18H25BrOSi.3C4H9.Sn/c1-8-15(13-14-11-9-10-12-16(14)19)20-21(17(2,3)4)18(5,6)7;3*1-3-4-2;/h9-12,15H,13H2,2-7H3;3*1,3-4H2,2H3;. The van der Waals surface area contributed by atoms with Gasteiger partial charge in [-0.2, -0.15) is 0 Å². The molecule has 1 aromatic carbocycles. The minimum atomic E-state index is -2.54. The molecule has 0 bridgehead atoms. The Morgan fingerprint density at radius 1 is 0.853 bits per heavy atom. The molecule has 34 heavy (non-hydrogen) atoms. The third-order valence-corrected chi connectivity index (χ3v) is 23.7. The van der Waals surface area contributed by atoms with Crippen LogP contribution < -0.4 is 0 Å². The molecule has 1 nitrogen and oxygen atoms in total. The van der Waals surface area contributed by atoms with Crippen molar-refractivity contribution in [2.75, 3.05) is 0 Å². The molecule has 1 aromatic rings. The van der Waals surface area contributed by atoms with Gasteiger partial charge in [0, 0.05) is 0 Å². The van der Waals surface area contributed by atoms with Crippen LogP contribution in [-0.4, -0.2) is 33.5 Å². The summed E-state index contributed by atoms with van der Waals surface area (Å²) < 4.78 is 16.7. The Labute approximate surface area is 227 Å². The minimum absolute atomic E-state index is 0.0213. The van der Waals surface area contributed by atoms with Gasteiger partial charge >= 0.3 is 229 Å². The van der Waals surface area contributed by atoms with Crippen LogP contribution in [0, 0.1) is 9.86 Å². The molecule has 0 heterocycles. The van der Waals surface area contributed by atoms with E-state index in [9.17, 15) is 0 Å². The van der Waals surface area contributed by atoms with E-state index in [1.165, 1.54) is 61.9 Å². The van der Waals surface area contributed by atoms with E-state index in [1.54, 1.807) is 0 Å². The van der Waals surface area contributed by atoms with Crippen LogP contribution in [0.1, 0.15) is 106 Å². The summed E-state index contributed by atoms with van der Waals surface area (Å²) in [7, 11) is -1.12. The zero-order valence-electron chi connectivity index (χ0n) is 23.7. The Morgan fingerprint density at radius 3 is 1.74 bits per heavy atom. The number of unbranched alkanes of at least 4 members (excludes halogenated alkanes) is 3. The van der Waals surface area contributed by atoms with Crippen molar-refractivity contribution >= 4 is 43.3 Å². The van der Waals surface area contributed by atoms with Crippen LogP contribution in [0.15, 0.2) is 28.7 Å². The summed E-state index contributed by atoms with van der Waals surface area (Å²) >= 11 is 1.24. The van der Waals surface area contributed by atoms with Crippen LogP contribution in [0.4, 0.5) is 0 Å². The monoisotopic (exact) mass is 655 g/mol. The summed E-state index contributed by atoms with van der Waals surface area (Å²) in [6.45, 7) is 21.1. The van der Waals surface area contributed by atoms with Gasteiger partial charge in [0.1, 0.15) is 0 Å². The van der Waals surface area contributed by atoms with E-state index in [4.69, 9.17) is 4.43 Å². The summed E-state index contributed by atoms with van der Waals surface area (Å²) in [5.74, 6) is 3.86. The Hall–Kier alpha value is 0.236. The molecule has 1 rings (SSSR count). The second kappa shape index (κ2) is 15.5. The number of rotatable bonds is 13. The van der Waals surface area contributed by atoms with Crippen molar-refractivity contribution < 1.29 is 4.43 Å². The molecule has 0 aliphatic heterocycles. The summed E-state index contributed by atoms with van der Waals surface area (Å²) in [6, 6.07) is 8.60. The molecule has 0 saturated heterocycles. The van der Waals surface area contributed by atoms with E-state index in [2.05, 4.69) is 112 Å². The average Bonchev–Trinajstić information content (AvgIpc) is 2.75. The quantitative estimate of drug-likeness (QED) is 0.152. The van der Waals surface area contributed by atoms with Crippen molar-refractivity contribution in [1.82, 2.24) is 0 Å². The predicted molar refractivity (Wildman–Crippen MR) is 161 cm³/mol. The van der Waals surface area contributed by atoms with Gasteiger partial charge in [0.2, 0.25) is 0 Å². The molecule has 4 heteroatoms. The van der Waals surface area contributed by atoms with Crippen LogP contribution in [0.5, 0.6) is 0 Å². The molecule has 0 aliphatic carbocycles. The van der Waals surface area contributed by atoms with Crippen molar-refractivity contribution in [3.8, 4) is 9.86 Å². The molecule has 0 N–H and O–H groups in total. The number of halogens is 1. The molecule has 0 saturated carbocycles. The maximum atomic E-state index is 7.09. The fraction of sp³-hybridized carbons (Fsp3) is 0.733. The molecule has 193 valence electrons. The Morgan fingerprint density at radius 2 is 1.32 bits per heavy atom. The first-order chi connectivity index (χ1) is 15.9. The van der Waals surface area contributed by atoms with E-state index in [-0.39, 0.29) is 16.2 Å². The first-order valence-corrected chi connectivity index (χ1v) is 23.4. The van der Waals surface area contributed by atoms with E-state index >= 15 is 0 Å². The zero-order chi connectivity index (χ0) is 25.8. The molecule has 0 spiro atoms. The Kier molecular flexibility index (Phi) is 14.7. The van der Waals surface area contributed by atoms with Crippen molar-refractivity contribution in [2.45, 2.75) is 137 Å². The van der Waals surface area contributed by atoms with Gasteiger partial charge in [-0.05, 0) is 0 Å². The number of hydrogen-bond donors (Lipinski definition) is 0. The van der Waals surface area contributed by atoms with Crippen molar-refractivity contribution in [3.05, 3.63) is 34.3 Å². The van der Waals surface area contributed by atoms with Gasteiger partial charge in [-0.25, -0.2) is 0 Å². The molecule has 0 aromatic heterocycles. The van der Waals surface area contributed by atoms with E-state index in [0.717, 1.165) is 6.42 Å². The molecule has 1 radical (unpaired) electrons. The van der Waals surface area contributed by atoms with Crippen LogP contribution in [-0.2, 0) is 10.8 Å². The van der Waals surface area contributed by atoms with Gasteiger partial charge in [0.15, 0.2) is 0 Å². The predicted octanol–water partition coefficient (Wildman–Crippen LogP) is 10.4. The Bertz CT molecular complexity index is 733. The molecular formula is C30H52BrOSiSn. The van der Waals surface area contributed by atoms with Crippen LogP contribution in [0.25, 0.3) is 0 Å². The maximum absolute atomic E-state index is 7.09. The molecule has 0 amide bonds. The van der Waals surface area contributed by atoms with Crippen molar-refractivity contribution in [3.63, 3.8) is 0 Å². The molecule has 1 atom stereocenters. The molecule has 1 unspecified atom stereocenters. The van der Waals surface area contributed by atoms with Crippen LogP contribution in [0.3, 0.4) is 0 Å². The van der Waals surface area contributed by atoms with Gasteiger partial charge in [0.05, 0.1) is 0 Å². The van der Waals surface area contributed by atoms with Gasteiger partial charge in [-0.3, -0.25) is 0 Å². The van der Waals surface area contributed by atoms with Crippen molar-refractivity contribution in [1.29, 1.82) is 0 Å². The van der Waals surface area contributed by atoms with E-state index in [1.807, 2.05) is 0 Å². The van der Waals surface area contributed by atoms with Gasteiger partial charge < -0.3 is 0 Å². The normalized spacial score (nSPS) is 13.6. The van der Waals surface area contributed by atoms with Gasteiger partial charge in [-0.1, -0.05) is 0 Å². The van der Waals surface area contributed by atoms with E-state index in [0.29, 0.717) is 0 Å². The first-order valence-electron chi connectivity index (χ1n) is 13.7. The molecule has 0 fully saturated rings. The van der Waals surface area contributed by atoms with Crippen LogP contribution in [0.2, 0.25) is 23.4 Å². The Balaban J connectivity index is 3.44. The molecule has 0 aliphatic rings. The summed E-state index contributed by atoms with van der Waals surface area (Å²) in [5.41, 5.74) is 1.31.